The van der Waals surface area contributed by atoms with Crippen LogP contribution < -0.4 is 4.74 Å². The third kappa shape index (κ3) is 4.27. The molecule has 0 aliphatic carbocycles. The van der Waals surface area contributed by atoms with E-state index >= 15 is 0 Å². The fourth-order valence-electron chi connectivity index (χ4n) is 3.64. The molecule has 0 atom stereocenters. The molecule has 1 fully saturated rings. The summed E-state index contributed by atoms with van der Waals surface area (Å²) in [6, 6.07) is 16.5. The first-order valence-electron chi connectivity index (χ1n) is 10.0. The quantitative estimate of drug-likeness (QED) is 0.625. The molecule has 1 aromatic heterocycles. The van der Waals surface area contributed by atoms with Gasteiger partial charge in [-0.2, -0.15) is 5.10 Å². The molecule has 0 unspecified atom stereocenters. The maximum atomic E-state index is 13.4. The minimum atomic E-state index is -0.134. The Morgan fingerprint density at radius 3 is 2.23 bits per heavy atom. The smallest absolute Gasteiger partial charge is 0.272 e. The van der Waals surface area contributed by atoms with Crippen LogP contribution in [0.3, 0.4) is 0 Å². The monoisotopic (exact) mass is 438 g/mol. The van der Waals surface area contributed by atoms with E-state index in [0.29, 0.717) is 42.6 Å². The number of rotatable bonds is 4. The summed E-state index contributed by atoms with van der Waals surface area (Å²) >= 11 is 6.38. The zero-order valence-electron chi connectivity index (χ0n) is 17.4. The van der Waals surface area contributed by atoms with Gasteiger partial charge in [-0.05, 0) is 36.4 Å². The van der Waals surface area contributed by atoms with Crippen molar-refractivity contribution in [1.82, 2.24) is 19.6 Å². The van der Waals surface area contributed by atoms with Gasteiger partial charge < -0.3 is 14.5 Å². The Kier molecular flexibility index (Phi) is 5.95. The van der Waals surface area contributed by atoms with E-state index in [-0.39, 0.29) is 11.8 Å². The number of halogens is 1. The largest absolute Gasteiger partial charge is 0.497 e. The lowest BCUT2D eigenvalue weighted by atomic mass is 10.1. The second kappa shape index (κ2) is 8.81. The number of ether oxygens (including phenoxy) is 1. The maximum absolute atomic E-state index is 13.4. The van der Waals surface area contributed by atoms with Gasteiger partial charge in [0.05, 0.1) is 23.5 Å². The van der Waals surface area contributed by atoms with E-state index in [1.165, 1.54) is 0 Å². The summed E-state index contributed by atoms with van der Waals surface area (Å²) in [5, 5.41) is 5.27. The number of hydrogen-bond acceptors (Lipinski definition) is 4. The average Bonchev–Trinajstić information content (AvgIpc) is 3.24. The number of hydrogen-bond donors (Lipinski definition) is 0. The highest BCUT2D eigenvalue weighted by molar-refractivity contribution is 6.33. The lowest BCUT2D eigenvalue weighted by molar-refractivity contribution is -0.130. The van der Waals surface area contributed by atoms with Gasteiger partial charge in [0.15, 0.2) is 0 Å². The number of carbonyl (C=O) groups is 2. The highest BCUT2D eigenvalue weighted by Gasteiger charge is 2.27. The molecule has 0 bridgehead atoms. The number of nitrogens with zero attached hydrogens (tertiary/aromatic N) is 4. The van der Waals surface area contributed by atoms with Crippen LogP contribution in [0.15, 0.2) is 54.6 Å². The van der Waals surface area contributed by atoms with Gasteiger partial charge in [0.2, 0.25) is 5.91 Å². The molecule has 2 heterocycles. The summed E-state index contributed by atoms with van der Waals surface area (Å²) in [5.41, 5.74) is 2.56. The number of aromatic nitrogens is 2. The molecule has 160 valence electrons. The molecule has 8 heteroatoms. The van der Waals surface area contributed by atoms with Crippen LogP contribution in [0, 0.1) is 0 Å². The summed E-state index contributed by atoms with van der Waals surface area (Å²) in [6.07, 6.45) is 0. The number of carbonyl (C=O) groups excluding carboxylic acids is 2. The molecular formula is C23H23ClN4O3. The van der Waals surface area contributed by atoms with Crippen molar-refractivity contribution in [2.75, 3.05) is 33.3 Å². The van der Waals surface area contributed by atoms with Gasteiger partial charge >= 0.3 is 0 Å². The van der Waals surface area contributed by atoms with Crippen LogP contribution in [-0.2, 0) is 4.79 Å². The van der Waals surface area contributed by atoms with Crippen molar-refractivity contribution in [3.63, 3.8) is 0 Å². The SMILES string of the molecule is COc1ccc(-n2nc(-c3ccccc3Cl)cc2C(=O)N2CCN(C(C)=O)CC2)cc1. The van der Waals surface area contributed by atoms with Crippen molar-refractivity contribution >= 4 is 23.4 Å². The van der Waals surface area contributed by atoms with Gasteiger partial charge in [0.25, 0.3) is 5.91 Å². The third-order valence-corrected chi connectivity index (χ3v) is 5.74. The predicted octanol–water partition coefficient (Wildman–Crippen LogP) is 3.51. The Balaban J connectivity index is 1.72. The Morgan fingerprint density at radius 2 is 1.61 bits per heavy atom. The number of amides is 2. The molecule has 31 heavy (non-hydrogen) atoms. The molecule has 3 aromatic rings. The second-order valence-electron chi connectivity index (χ2n) is 7.30. The molecule has 2 amide bonds. The molecule has 0 spiro atoms. The fourth-order valence-corrected chi connectivity index (χ4v) is 3.87. The van der Waals surface area contributed by atoms with Crippen molar-refractivity contribution in [2.24, 2.45) is 0 Å². The summed E-state index contributed by atoms with van der Waals surface area (Å²) in [7, 11) is 1.61. The molecule has 4 rings (SSSR count). The lowest BCUT2D eigenvalue weighted by Crippen LogP contribution is -2.50. The second-order valence-corrected chi connectivity index (χ2v) is 7.71. The first-order chi connectivity index (χ1) is 15.0. The highest BCUT2D eigenvalue weighted by atomic mass is 35.5. The fraction of sp³-hybridized carbons (Fsp3) is 0.261. The molecule has 0 radical (unpaired) electrons. The highest BCUT2D eigenvalue weighted by Crippen LogP contribution is 2.29. The first kappa shape index (κ1) is 20.9. The predicted molar refractivity (Wildman–Crippen MR) is 119 cm³/mol. The lowest BCUT2D eigenvalue weighted by Gasteiger charge is -2.34. The molecule has 2 aromatic carbocycles. The average molecular weight is 439 g/mol. The molecule has 1 saturated heterocycles. The number of piperazine rings is 1. The number of benzene rings is 2. The van der Waals surface area contributed by atoms with Gasteiger partial charge in [-0.15, -0.1) is 0 Å². The summed E-state index contributed by atoms with van der Waals surface area (Å²) in [6.45, 7) is 3.55. The standard InChI is InChI=1S/C23H23ClN4O3/c1-16(29)26-11-13-27(14-12-26)23(30)22-15-21(19-5-3-4-6-20(19)24)25-28(22)17-7-9-18(31-2)10-8-17/h3-10,15H,11-14H2,1-2H3. The van der Waals surface area contributed by atoms with E-state index in [1.807, 2.05) is 42.5 Å². The van der Waals surface area contributed by atoms with Crippen LogP contribution in [0.25, 0.3) is 16.9 Å². The minimum Gasteiger partial charge on any atom is -0.497 e. The van der Waals surface area contributed by atoms with E-state index < -0.39 is 0 Å². The zero-order chi connectivity index (χ0) is 22.0. The molecule has 1 aliphatic heterocycles. The molecular weight excluding hydrogens is 416 g/mol. The minimum absolute atomic E-state index is 0.0244. The molecule has 1 aliphatic rings. The van der Waals surface area contributed by atoms with Crippen LogP contribution in [0.1, 0.15) is 17.4 Å². The van der Waals surface area contributed by atoms with Crippen molar-refractivity contribution in [1.29, 1.82) is 0 Å². The van der Waals surface area contributed by atoms with Crippen LogP contribution in [0.2, 0.25) is 5.02 Å². The van der Waals surface area contributed by atoms with Crippen LogP contribution in [0.4, 0.5) is 0 Å². The van der Waals surface area contributed by atoms with Gasteiger partial charge in [0, 0.05) is 38.7 Å². The summed E-state index contributed by atoms with van der Waals surface area (Å²) in [5.74, 6) is 0.608. The van der Waals surface area contributed by atoms with Crippen molar-refractivity contribution in [3.05, 3.63) is 65.3 Å². The first-order valence-corrected chi connectivity index (χ1v) is 10.4. The Labute approximate surface area is 185 Å². The normalized spacial score (nSPS) is 13.9. The molecule has 0 saturated carbocycles. The van der Waals surface area contributed by atoms with Crippen molar-refractivity contribution < 1.29 is 14.3 Å². The Hall–Kier alpha value is -3.32. The van der Waals surface area contributed by atoms with Crippen molar-refractivity contribution in [2.45, 2.75) is 6.92 Å². The van der Waals surface area contributed by atoms with Gasteiger partial charge in [0.1, 0.15) is 11.4 Å². The number of methoxy groups -OCH3 is 1. The summed E-state index contributed by atoms with van der Waals surface area (Å²) in [4.78, 5) is 28.5. The van der Waals surface area contributed by atoms with Crippen LogP contribution in [-0.4, -0.2) is 64.7 Å². The maximum Gasteiger partial charge on any atom is 0.272 e. The Bertz CT molecular complexity index is 1100. The zero-order valence-corrected chi connectivity index (χ0v) is 18.2. The van der Waals surface area contributed by atoms with Gasteiger partial charge in [-0.3, -0.25) is 9.59 Å². The molecule has 7 nitrogen and oxygen atoms in total. The molecule has 0 N–H and O–H groups in total. The summed E-state index contributed by atoms with van der Waals surface area (Å²) < 4.78 is 6.88. The topological polar surface area (TPSA) is 67.7 Å². The van der Waals surface area contributed by atoms with E-state index in [9.17, 15) is 9.59 Å². The van der Waals surface area contributed by atoms with E-state index in [1.54, 1.807) is 40.6 Å². The van der Waals surface area contributed by atoms with E-state index in [4.69, 9.17) is 21.4 Å². The third-order valence-electron chi connectivity index (χ3n) is 5.41. The van der Waals surface area contributed by atoms with Crippen LogP contribution in [0.5, 0.6) is 5.75 Å². The van der Waals surface area contributed by atoms with E-state index in [2.05, 4.69) is 0 Å². The van der Waals surface area contributed by atoms with Crippen LogP contribution >= 0.6 is 11.6 Å². The van der Waals surface area contributed by atoms with Gasteiger partial charge in [-0.1, -0.05) is 29.8 Å². The van der Waals surface area contributed by atoms with Crippen molar-refractivity contribution in [3.8, 4) is 22.7 Å². The Morgan fingerprint density at radius 1 is 0.968 bits per heavy atom. The van der Waals surface area contributed by atoms with E-state index in [0.717, 1.165) is 17.0 Å². The van der Waals surface area contributed by atoms with Gasteiger partial charge in [-0.25, -0.2) is 4.68 Å².